The van der Waals surface area contributed by atoms with Crippen molar-refractivity contribution in [3.8, 4) is 11.6 Å². The van der Waals surface area contributed by atoms with E-state index in [0.717, 1.165) is 11.3 Å². The molecule has 8 nitrogen and oxygen atoms in total. The van der Waals surface area contributed by atoms with Crippen molar-refractivity contribution in [3.63, 3.8) is 0 Å². The molecule has 0 aliphatic carbocycles. The summed E-state index contributed by atoms with van der Waals surface area (Å²) in [5.41, 5.74) is 2.41. The van der Waals surface area contributed by atoms with Crippen molar-refractivity contribution in [1.82, 2.24) is 24.5 Å². The lowest BCUT2D eigenvalue weighted by molar-refractivity contribution is -0.118. The van der Waals surface area contributed by atoms with Crippen LogP contribution in [0, 0.1) is 13.8 Å². The molecular formula is C16H18N6O2. The molecule has 0 unspecified atom stereocenters. The number of benzene rings is 1. The van der Waals surface area contributed by atoms with Crippen LogP contribution in [0.3, 0.4) is 0 Å². The van der Waals surface area contributed by atoms with Gasteiger partial charge in [0.25, 0.3) is 5.91 Å². The first kappa shape index (κ1) is 15.7. The minimum Gasteiger partial charge on any atom is -0.483 e. The average molecular weight is 326 g/mol. The van der Waals surface area contributed by atoms with Crippen LogP contribution in [0.5, 0.6) is 5.75 Å². The fourth-order valence-corrected chi connectivity index (χ4v) is 2.27. The van der Waals surface area contributed by atoms with Gasteiger partial charge in [0.2, 0.25) is 0 Å². The van der Waals surface area contributed by atoms with E-state index in [-0.39, 0.29) is 12.5 Å². The van der Waals surface area contributed by atoms with Gasteiger partial charge < -0.3 is 10.1 Å². The van der Waals surface area contributed by atoms with Crippen LogP contribution >= 0.6 is 0 Å². The maximum atomic E-state index is 12.3. The summed E-state index contributed by atoms with van der Waals surface area (Å²) < 4.78 is 8.91. The largest absolute Gasteiger partial charge is 0.483 e. The van der Waals surface area contributed by atoms with Crippen molar-refractivity contribution in [1.29, 1.82) is 0 Å². The van der Waals surface area contributed by atoms with E-state index in [4.69, 9.17) is 4.74 Å². The lowest BCUT2D eigenvalue weighted by atomic mass is 10.2. The Morgan fingerprint density at radius 1 is 1.21 bits per heavy atom. The Labute approximate surface area is 139 Å². The third kappa shape index (κ3) is 3.12. The lowest BCUT2D eigenvalue weighted by Crippen LogP contribution is -2.21. The molecule has 3 rings (SSSR count). The molecule has 24 heavy (non-hydrogen) atoms. The SMILES string of the molecule is Cc1ccccc1OCC(=O)Nc1c(-n2cnnc2)nn(C)c1C. The van der Waals surface area contributed by atoms with Crippen molar-refractivity contribution in [2.75, 3.05) is 11.9 Å². The van der Waals surface area contributed by atoms with Crippen LogP contribution in [0.15, 0.2) is 36.9 Å². The minimum atomic E-state index is -0.260. The Bertz CT molecular complexity index is 854. The first-order valence-corrected chi connectivity index (χ1v) is 7.43. The van der Waals surface area contributed by atoms with E-state index < -0.39 is 0 Å². The number of aromatic nitrogens is 5. The zero-order chi connectivity index (χ0) is 17.1. The molecular weight excluding hydrogens is 308 g/mol. The summed E-state index contributed by atoms with van der Waals surface area (Å²) in [6, 6.07) is 7.56. The number of hydrogen-bond donors (Lipinski definition) is 1. The van der Waals surface area contributed by atoms with Crippen molar-refractivity contribution >= 4 is 11.6 Å². The highest BCUT2D eigenvalue weighted by Crippen LogP contribution is 2.23. The van der Waals surface area contributed by atoms with Crippen molar-refractivity contribution < 1.29 is 9.53 Å². The van der Waals surface area contributed by atoms with Gasteiger partial charge in [-0.1, -0.05) is 18.2 Å². The molecule has 0 saturated carbocycles. The van der Waals surface area contributed by atoms with Crippen LogP contribution in [-0.4, -0.2) is 37.1 Å². The topological polar surface area (TPSA) is 86.9 Å². The van der Waals surface area contributed by atoms with Crippen molar-refractivity contribution in [2.24, 2.45) is 7.05 Å². The van der Waals surface area contributed by atoms with Crippen LogP contribution in [0.4, 0.5) is 5.69 Å². The molecule has 1 aromatic carbocycles. The van der Waals surface area contributed by atoms with Gasteiger partial charge in [0, 0.05) is 7.05 Å². The Kier molecular flexibility index (Phi) is 4.28. The number of rotatable bonds is 5. The number of ether oxygens (including phenoxy) is 1. The lowest BCUT2D eigenvalue weighted by Gasteiger charge is -2.10. The predicted octanol–water partition coefficient (Wildman–Crippen LogP) is 1.64. The van der Waals surface area contributed by atoms with E-state index in [1.807, 2.05) is 45.2 Å². The quantitative estimate of drug-likeness (QED) is 0.770. The monoisotopic (exact) mass is 326 g/mol. The Morgan fingerprint density at radius 3 is 2.62 bits per heavy atom. The molecule has 1 N–H and O–H groups in total. The molecule has 0 bridgehead atoms. The molecule has 124 valence electrons. The summed E-state index contributed by atoms with van der Waals surface area (Å²) >= 11 is 0. The van der Waals surface area contributed by atoms with Crippen LogP contribution in [0.1, 0.15) is 11.3 Å². The van der Waals surface area contributed by atoms with Gasteiger partial charge in [0.05, 0.1) is 5.69 Å². The van der Waals surface area contributed by atoms with Crippen molar-refractivity contribution in [3.05, 3.63) is 48.2 Å². The third-order valence-electron chi connectivity index (χ3n) is 3.70. The first-order chi connectivity index (χ1) is 11.6. The summed E-state index contributed by atoms with van der Waals surface area (Å²) in [6.45, 7) is 3.72. The van der Waals surface area contributed by atoms with Crippen LogP contribution < -0.4 is 10.1 Å². The molecule has 0 spiro atoms. The zero-order valence-electron chi connectivity index (χ0n) is 13.7. The number of carbonyl (C=O) groups is 1. The number of nitrogens with zero attached hydrogens (tertiary/aromatic N) is 5. The van der Waals surface area contributed by atoms with Gasteiger partial charge in [-0.25, -0.2) is 0 Å². The number of anilines is 1. The number of hydrogen-bond acceptors (Lipinski definition) is 5. The number of carbonyl (C=O) groups excluding carboxylic acids is 1. The van der Waals surface area contributed by atoms with E-state index in [9.17, 15) is 4.79 Å². The second-order valence-corrected chi connectivity index (χ2v) is 5.38. The normalized spacial score (nSPS) is 10.6. The fraction of sp³-hybridized carbons (Fsp3) is 0.250. The van der Waals surface area contributed by atoms with E-state index in [1.165, 1.54) is 12.7 Å². The number of nitrogens with one attached hydrogen (secondary N) is 1. The summed E-state index contributed by atoms with van der Waals surface area (Å²) in [6.07, 6.45) is 3.06. The van der Waals surface area contributed by atoms with E-state index in [1.54, 1.807) is 9.25 Å². The molecule has 2 heterocycles. The smallest absolute Gasteiger partial charge is 0.262 e. The molecule has 1 amide bonds. The predicted molar refractivity (Wildman–Crippen MR) is 88.2 cm³/mol. The standard InChI is InChI=1S/C16H18N6O2/c1-11-6-4-5-7-13(11)24-8-14(23)19-15-12(2)21(3)20-16(15)22-9-17-18-10-22/h4-7,9-10H,8H2,1-3H3,(H,19,23). The van der Waals surface area contributed by atoms with Gasteiger partial charge in [0.15, 0.2) is 12.4 Å². The highest BCUT2D eigenvalue weighted by atomic mass is 16.5. The second-order valence-electron chi connectivity index (χ2n) is 5.38. The number of amides is 1. The minimum absolute atomic E-state index is 0.0825. The molecule has 0 atom stereocenters. The van der Waals surface area contributed by atoms with Crippen LogP contribution in [0.25, 0.3) is 5.82 Å². The van der Waals surface area contributed by atoms with E-state index in [0.29, 0.717) is 17.3 Å². The Hall–Kier alpha value is -3.16. The summed E-state index contributed by atoms with van der Waals surface area (Å²) in [5, 5.41) is 14.8. The van der Waals surface area contributed by atoms with Gasteiger partial charge in [0.1, 0.15) is 24.1 Å². The molecule has 3 aromatic rings. The average Bonchev–Trinajstić information content (AvgIpc) is 3.18. The zero-order valence-corrected chi connectivity index (χ0v) is 13.7. The first-order valence-electron chi connectivity index (χ1n) is 7.43. The third-order valence-corrected chi connectivity index (χ3v) is 3.70. The van der Waals surface area contributed by atoms with Crippen molar-refractivity contribution in [2.45, 2.75) is 13.8 Å². The fourth-order valence-electron chi connectivity index (χ4n) is 2.27. The highest BCUT2D eigenvalue weighted by Gasteiger charge is 2.17. The van der Waals surface area contributed by atoms with Crippen LogP contribution in [0.2, 0.25) is 0 Å². The molecule has 0 fully saturated rings. The van der Waals surface area contributed by atoms with Gasteiger partial charge in [-0.15, -0.1) is 10.2 Å². The summed E-state index contributed by atoms with van der Waals surface area (Å²) in [4.78, 5) is 12.3. The van der Waals surface area contributed by atoms with Gasteiger partial charge in [-0.2, -0.15) is 5.10 Å². The van der Waals surface area contributed by atoms with Gasteiger partial charge in [-0.3, -0.25) is 14.0 Å². The van der Waals surface area contributed by atoms with Gasteiger partial charge in [-0.05, 0) is 25.5 Å². The molecule has 0 saturated heterocycles. The molecule has 0 aliphatic heterocycles. The Balaban J connectivity index is 1.74. The maximum Gasteiger partial charge on any atom is 0.262 e. The molecule has 0 radical (unpaired) electrons. The van der Waals surface area contributed by atoms with E-state index >= 15 is 0 Å². The van der Waals surface area contributed by atoms with Crippen LogP contribution in [-0.2, 0) is 11.8 Å². The molecule has 2 aromatic heterocycles. The second kappa shape index (κ2) is 6.53. The molecule has 0 aliphatic rings. The van der Waals surface area contributed by atoms with Gasteiger partial charge >= 0.3 is 0 Å². The number of aryl methyl sites for hydroxylation is 2. The number of para-hydroxylation sites is 1. The maximum absolute atomic E-state index is 12.3. The summed E-state index contributed by atoms with van der Waals surface area (Å²) in [7, 11) is 1.81. The molecule has 8 heteroatoms. The highest BCUT2D eigenvalue weighted by molar-refractivity contribution is 5.94. The summed E-state index contributed by atoms with van der Waals surface area (Å²) in [5.74, 6) is 0.988. The van der Waals surface area contributed by atoms with E-state index in [2.05, 4.69) is 20.6 Å². The Morgan fingerprint density at radius 2 is 1.92 bits per heavy atom.